The van der Waals surface area contributed by atoms with Gasteiger partial charge in [-0.15, -0.1) is 0 Å². The van der Waals surface area contributed by atoms with Gasteiger partial charge in [-0.3, -0.25) is 5.21 Å². The zero-order chi connectivity index (χ0) is 21.2. The summed E-state index contributed by atoms with van der Waals surface area (Å²) in [7, 11) is 1.56. The van der Waals surface area contributed by atoms with Gasteiger partial charge in [0.25, 0.3) is 0 Å². The summed E-state index contributed by atoms with van der Waals surface area (Å²) < 4.78 is 17.8. The van der Waals surface area contributed by atoms with E-state index >= 15 is 0 Å². The van der Waals surface area contributed by atoms with Crippen molar-refractivity contribution in [3.8, 4) is 11.5 Å². The number of amides is 1. The molecular weight excluding hydrogens is 372 g/mol. The first-order valence-electron chi connectivity index (χ1n) is 9.68. The largest absolute Gasteiger partial charge is 0.490 e. The number of aromatic nitrogens is 1. The van der Waals surface area contributed by atoms with Gasteiger partial charge in [-0.25, -0.2) is 4.79 Å². The molecule has 0 fully saturated rings. The molecule has 7 nitrogen and oxygen atoms in total. The maximum Gasteiger partial charge on any atom is 0.410 e. The molecular formula is C22H29N2O5+. The van der Waals surface area contributed by atoms with Crippen LogP contribution in [-0.4, -0.2) is 35.5 Å². The number of hydrogen-bond acceptors (Lipinski definition) is 5. The van der Waals surface area contributed by atoms with E-state index in [9.17, 15) is 10.0 Å². The fraction of sp³-hybridized carbons (Fsp3) is 0.455. The van der Waals surface area contributed by atoms with Crippen molar-refractivity contribution in [2.45, 2.75) is 52.9 Å². The van der Waals surface area contributed by atoms with E-state index < -0.39 is 5.60 Å². The highest BCUT2D eigenvalue weighted by Gasteiger charge is 2.26. The minimum atomic E-state index is -0.504. The third kappa shape index (κ3) is 4.91. The third-order valence-corrected chi connectivity index (χ3v) is 4.79. The van der Waals surface area contributed by atoms with E-state index in [1.54, 1.807) is 31.1 Å². The predicted molar refractivity (Wildman–Crippen MR) is 106 cm³/mol. The summed E-state index contributed by atoms with van der Waals surface area (Å²) in [5.74, 6) is 1.27. The lowest BCUT2D eigenvalue weighted by atomic mass is 10.00. The summed E-state index contributed by atoms with van der Waals surface area (Å²) in [6.07, 6.45) is 0.446. The first kappa shape index (κ1) is 20.8. The number of aryl methyl sites for hydroxylation is 1. The van der Waals surface area contributed by atoms with Crippen molar-refractivity contribution < 1.29 is 28.9 Å². The topological polar surface area (TPSA) is 72.1 Å². The molecule has 0 radical (unpaired) electrons. The van der Waals surface area contributed by atoms with Crippen molar-refractivity contribution in [1.29, 1.82) is 0 Å². The molecule has 1 aliphatic heterocycles. The fourth-order valence-corrected chi connectivity index (χ4v) is 3.25. The number of carbonyl (C=O) groups is 1. The molecule has 0 spiro atoms. The van der Waals surface area contributed by atoms with Gasteiger partial charge in [-0.05, 0) is 56.5 Å². The van der Waals surface area contributed by atoms with Gasteiger partial charge in [-0.2, -0.15) is 0 Å². The van der Waals surface area contributed by atoms with Crippen LogP contribution in [0.2, 0.25) is 0 Å². The monoisotopic (exact) mass is 401 g/mol. The van der Waals surface area contributed by atoms with E-state index in [1.807, 2.05) is 39.0 Å². The Labute approximate surface area is 171 Å². The SMILES string of the molecule is COc1ccc(C)[n+](O)c1COc1ccc2c(c1)CCN(C(=O)OC(C)(C)C)C2. The first-order chi connectivity index (χ1) is 13.7. The average Bonchev–Trinajstić information content (AvgIpc) is 2.67. The van der Waals surface area contributed by atoms with E-state index in [1.165, 1.54) is 0 Å². The molecule has 1 aromatic heterocycles. The summed E-state index contributed by atoms with van der Waals surface area (Å²) in [5.41, 5.74) is 2.96. The predicted octanol–water partition coefficient (Wildman–Crippen LogP) is 3.40. The molecule has 0 atom stereocenters. The molecule has 0 saturated heterocycles. The lowest BCUT2D eigenvalue weighted by Crippen LogP contribution is -2.40. The number of hydrogen-bond donors (Lipinski definition) is 1. The van der Waals surface area contributed by atoms with Crippen LogP contribution in [0.15, 0.2) is 30.3 Å². The molecule has 7 heteroatoms. The van der Waals surface area contributed by atoms with Crippen LogP contribution in [0.4, 0.5) is 4.79 Å². The Morgan fingerprint density at radius 2 is 1.97 bits per heavy atom. The number of nitrogens with zero attached hydrogens (tertiary/aromatic N) is 2. The molecule has 2 heterocycles. The lowest BCUT2D eigenvalue weighted by molar-refractivity contribution is -0.914. The Morgan fingerprint density at radius 1 is 1.21 bits per heavy atom. The van der Waals surface area contributed by atoms with Crippen LogP contribution >= 0.6 is 0 Å². The standard InChI is InChI=1S/C22H29N2O5/c1-15-6-9-20(27-5)19(24(15)26)14-28-18-8-7-17-13-23(11-10-16(17)12-18)21(25)29-22(2,3)4/h6-9,12,26H,10-11,13-14H2,1-5H3/q+1. The van der Waals surface area contributed by atoms with Gasteiger partial charge in [-0.1, -0.05) is 6.07 Å². The van der Waals surface area contributed by atoms with Crippen LogP contribution in [0.25, 0.3) is 0 Å². The van der Waals surface area contributed by atoms with Gasteiger partial charge in [0.05, 0.1) is 7.11 Å². The number of benzene rings is 1. The van der Waals surface area contributed by atoms with E-state index in [0.29, 0.717) is 36.0 Å². The minimum Gasteiger partial charge on any atom is -0.490 e. The van der Waals surface area contributed by atoms with Gasteiger partial charge in [0.1, 0.15) is 11.4 Å². The summed E-state index contributed by atoms with van der Waals surface area (Å²) in [4.78, 5) is 14.0. The molecule has 156 valence electrons. The summed E-state index contributed by atoms with van der Waals surface area (Å²) >= 11 is 0. The first-order valence-corrected chi connectivity index (χ1v) is 9.68. The van der Waals surface area contributed by atoms with Gasteiger partial charge in [0, 0.05) is 30.8 Å². The normalized spacial score (nSPS) is 13.6. The zero-order valence-electron chi connectivity index (χ0n) is 17.7. The average molecular weight is 401 g/mol. The Morgan fingerprint density at radius 3 is 2.66 bits per heavy atom. The molecule has 3 rings (SSSR count). The highest BCUT2D eigenvalue weighted by molar-refractivity contribution is 5.68. The highest BCUT2D eigenvalue weighted by atomic mass is 16.6. The molecule has 0 saturated carbocycles. The van der Waals surface area contributed by atoms with E-state index in [4.69, 9.17) is 14.2 Å². The van der Waals surface area contributed by atoms with Crippen LogP contribution in [0.3, 0.4) is 0 Å². The number of fused-ring (bicyclic) bond motifs is 1. The Bertz CT molecular complexity index is 905. The number of carbonyl (C=O) groups excluding carboxylic acids is 1. The Balaban J connectivity index is 1.69. The summed E-state index contributed by atoms with van der Waals surface area (Å²) in [5, 5.41) is 10.2. The molecule has 0 unspecified atom stereocenters. The fourth-order valence-electron chi connectivity index (χ4n) is 3.25. The smallest absolute Gasteiger partial charge is 0.410 e. The molecule has 1 N–H and O–H groups in total. The highest BCUT2D eigenvalue weighted by Crippen LogP contribution is 2.26. The molecule has 2 aromatic rings. The maximum atomic E-state index is 12.3. The number of ether oxygens (including phenoxy) is 3. The summed E-state index contributed by atoms with van der Waals surface area (Å²) in [6, 6.07) is 9.42. The molecule has 1 aliphatic rings. The van der Waals surface area contributed by atoms with E-state index in [2.05, 4.69) is 0 Å². The van der Waals surface area contributed by atoms with Crippen LogP contribution in [-0.2, 0) is 24.3 Å². The van der Waals surface area contributed by atoms with Crippen LogP contribution < -0.4 is 14.2 Å². The molecule has 29 heavy (non-hydrogen) atoms. The van der Waals surface area contributed by atoms with Crippen molar-refractivity contribution in [2.24, 2.45) is 0 Å². The maximum absolute atomic E-state index is 12.3. The van der Waals surface area contributed by atoms with Gasteiger partial charge in [0.15, 0.2) is 12.4 Å². The molecule has 0 aliphatic carbocycles. The number of methoxy groups -OCH3 is 1. The van der Waals surface area contributed by atoms with Crippen molar-refractivity contribution in [2.75, 3.05) is 13.7 Å². The van der Waals surface area contributed by atoms with E-state index in [0.717, 1.165) is 22.3 Å². The van der Waals surface area contributed by atoms with Crippen molar-refractivity contribution in [3.63, 3.8) is 0 Å². The Hall–Kier alpha value is -2.96. The zero-order valence-corrected chi connectivity index (χ0v) is 17.7. The number of pyridine rings is 1. The minimum absolute atomic E-state index is 0.171. The third-order valence-electron chi connectivity index (χ3n) is 4.79. The van der Waals surface area contributed by atoms with Crippen molar-refractivity contribution in [1.82, 2.24) is 4.90 Å². The van der Waals surface area contributed by atoms with Crippen LogP contribution in [0.1, 0.15) is 43.3 Å². The molecule has 1 amide bonds. The lowest BCUT2D eigenvalue weighted by Gasteiger charge is -2.31. The molecule has 0 bridgehead atoms. The molecule has 1 aromatic carbocycles. The van der Waals surface area contributed by atoms with Crippen molar-refractivity contribution >= 4 is 6.09 Å². The van der Waals surface area contributed by atoms with Crippen LogP contribution in [0, 0.1) is 6.92 Å². The van der Waals surface area contributed by atoms with Crippen molar-refractivity contribution in [3.05, 3.63) is 52.8 Å². The second kappa shape index (κ2) is 8.19. The van der Waals surface area contributed by atoms with Gasteiger partial charge < -0.3 is 19.1 Å². The summed E-state index contributed by atoms with van der Waals surface area (Å²) in [6.45, 7) is 8.70. The Kier molecular flexibility index (Phi) is 5.86. The van der Waals surface area contributed by atoms with Crippen LogP contribution in [0.5, 0.6) is 11.5 Å². The van der Waals surface area contributed by atoms with Gasteiger partial charge >= 0.3 is 11.8 Å². The quantitative estimate of drug-likeness (QED) is 0.628. The van der Waals surface area contributed by atoms with E-state index in [-0.39, 0.29) is 12.7 Å². The van der Waals surface area contributed by atoms with Gasteiger partial charge in [0.2, 0.25) is 5.69 Å². The number of rotatable bonds is 4. The second-order valence-corrected chi connectivity index (χ2v) is 8.17. The second-order valence-electron chi connectivity index (χ2n) is 8.17.